The lowest BCUT2D eigenvalue weighted by Crippen LogP contribution is -2.10. The third-order valence-corrected chi connectivity index (χ3v) is 2.34. The minimum absolute atomic E-state index is 0.485. The largest absolute Gasteiger partial charge is 0.494 e. The zero-order valence-corrected chi connectivity index (χ0v) is 10.7. The highest BCUT2D eigenvalue weighted by molar-refractivity contribution is 5.55. The Bertz CT molecular complexity index is 516. The number of nitrogens with zero attached hydrogens (tertiary/aromatic N) is 2. The molecular formula is C13H16N4O2. The third-order valence-electron chi connectivity index (χ3n) is 2.34. The molecule has 0 atom stereocenters. The Hall–Kier alpha value is -2.34. The van der Waals surface area contributed by atoms with Crippen LogP contribution in [0.2, 0.25) is 0 Å². The predicted molar refractivity (Wildman–Crippen MR) is 72.9 cm³/mol. The van der Waals surface area contributed by atoms with Gasteiger partial charge in [-0.25, -0.2) is 9.97 Å². The molecule has 0 saturated heterocycles. The van der Waals surface area contributed by atoms with Crippen LogP contribution < -0.4 is 20.5 Å². The topological polar surface area (TPSA) is 82.3 Å². The second-order valence-electron chi connectivity index (χ2n) is 3.74. The fraction of sp³-hybridized carbons (Fsp3) is 0.231. The van der Waals surface area contributed by atoms with Crippen LogP contribution in [-0.2, 0) is 0 Å². The van der Waals surface area contributed by atoms with Crippen LogP contribution >= 0.6 is 0 Å². The number of rotatable bonds is 6. The summed E-state index contributed by atoms with van der Waals surface area (Å²) < 4.78 is 10.4. The summed E-state index contributed by atoms with van der Waals surface area (Å²) in [4.78, 5) is 8.26. The molecule has 1 heterocycles. The van der Waals surface area contributed by atoms with E-state index in [1.54, 1.807) is 19.5 Å². The second-order valence-corrected chi connectivity index (χ2v) is 3.74. The van der Waals surface area contributed by atoms with Crippen LogP contribution in [0.15, 0.2) is 36.7 Å². The van der Waals surface area contributed by atoms with Gasteiger partial charge >= 0.3 is 0 Å². The molecule has 2 aromatic rings. The molecule has 2 rings (SSSR count). The Morgan fingerprint density at radius 3 is 2.68 bits per heavy atom. The summed E-state index contributed by atoms with van der Waals surface area (Å²) in [6.45, 7) is 0.974. The molecule has 3 N–H and O–H groups in total. The monoisotopic (exact) mass is 260 g/mol. The van der Waals surface area contributed by atoms with Gasteiger partial charge in [0.15, 0.2) is 5.75 Å². The minimum Gasteiger partial charge on any atom is -0.494 e. The van der Waals surface area contributed by atoms with Gasteiger partial charge in [-0.15, -0.1) is 0 Å². The normalized spacial score (nSPS) is 10.0. The van der Waals surface area contributed by atoms with Gasteiger partial charge < -0.3 is 20.5 Å². The Labute approximate surface area is 111 Å². The standard InChI is InChI=1S/C13H16N4O2/c1-18-12-8-15-13(16-9-12)17-10-3-2-4-11(7-10)19-6-5-14/h2-4,7-9H,5-6,14H2,1H3,(H,15,16,17). The van der Waals surface area contributed by atoms with Gasteiger partial charge in [0.1, 0.15) is 12.4 Å². The highest BCUT2D eigenvalue weighted by atomic mass is 16.5. The Morgan fingerprint density at radius 2 is 2.00 bits per heavy atom. The molecule has 0 aliphatic rings. The first kappa shape index (κ1) is 13.1. The third kappa shape index (κ3) is 3.82. The van der Waals surface area contributed by atoms with Gasteiger partial charge in [-0.05, 0) is 12.1 Å². The van der Waals surface area contributed by atoms with E-state index in [-0.39, 0.29) is 0 Å². The van der Waals surface area contributed by atoms with Crippen molar-refractivity contribution in [2.45, 2.75) is 0 Å². The van der Waals surface area contributed by atoms with Gasteiger partial charge in [-0.2, -0.15) is 0 Å². The van der Waals surface area contributed by atoms with Crippen molar-refractivity contribution in [1.82, 2.24) is 9.97 Å². The molecule has 100 valence electrons. The van der Waals surface area contributed by atoms with Crippen LogP contribution in [-0.4, -0.2) is 30.2 Å². The van der Waals surface area contributed by atoms with E-state index in [0.717, 1.165) is 11.4 Å². The van der Waals surface area contributed by atoms with E-state index >= 15 is 0 Å². The summed E-state index contributed by atoms with van der Waals surface area (Å²) in [7, 11) is 1.57. The molecule has 0 fully saturated rings. The van der Waals surface area contributed by atoms with E-state index in [4.69, 9.17) is 15.2 Å². The van der Waals surface area contributed by atoms with Crippen LogP contribution in [0.25, 0.3) is 0 Å². The summed E-state index contributed by atoms with van der Waals surface area (Å²) in [5.41, 5.74) is 6.24. The van der Waals surface area contributed by atoms with Crippen molar-refractivity contribution in [2.75, 3.05) is 25.6 Å². The SMILES string of the molecule is COc1cnc(Nc2cccc(OCCN)c2)nc1. The average Bonchev–Trinajstić information content (AvgIpc) is 2.46. The van der Waals surface area contributed by atoms with Crippen molar-refractivity contribution in [3.8, 4) is 11.5 Å². The summed E-state index contributed by atoms with van der Waals surface area (Å²) in [5.74, 6) is 1.87. The smallest absolute Gasteiger partial charge is 0.227 e. The first-order valence-corrected chi connectivity index (χ1v) is 5.88. The van der Waals surface area contributed by atoms with Gasteiger partial charge in [-0.3, -0.25) is 0 Å². The van der Waals surface area contributed by atoms with Gasteiger partial charge in [-0.1, -0.05) is 6.07 Å². The maximum atomic E-state index is 5.44. The maximum Gasteiger partial charge on any atom is 0.227 e. The number of nitrogens with one attached hydrogen (secondary N) is 1. The lowest BCUT2D eigenvalue weighted by atomic mass is 10.3. The molecule has 6 heteroatoms. The van der Waals surface area contributed by atoms with Crippen LogP contribution in [0.5, 0.6) is 11.5 Å². The van der Waals surface area contributed by atoms with Crippen molar-refractivity contribution in [1.29, 1.82) is 0 Å². The molecule has 19 heavy (non-hydrogen) atoms. The van der Waals surface area contributed by atoms with Gasteiger partial charge in [0, 0.05) is 18.3 Å². The molecule has 1 aromatic carbocycles. The molecule has 0 aliphatic carbocycles. The zero-order chi connectivity index (χ0) is 13.5. The van der Waals surface area contributed by atoms with Gasteiger partial charge in [0.05, 0.1) is 19.5 Å². The van der Waals surface area contributed by atoms with Gasteiger partial charge in [0.2, 0.25) is 5.95 Å². The Kier molecular flexibility index (Phi) is 4.52. The summed E-state index contributed by atoms with van der Waals surface area (Å²) >= 11 is 0. The van der Waals surface area contributed by atoms with E-state index in [1.165, 1.54) is 0 Å². The number of hydrogen-bond donors (Lipinski definition) is 2. The van der Waals surface area contributed by atoms with Crippen molar-refractivity contribution >= 4 is 11.6 Å². The van der Waals surface area contributed by atoms with Crippen molar-refractivity contribution in [3.63, 3.8) is 0 Å². The molecule has 0 radical (unpaired) electrons. The molecule has 0 aliphatic heterocycles. The number of nitrogens with two attached hydrogens (primary N) is 1. The van der Waals surface area contributed by atoms with E-state index in [2.05, 4.69) is 15.3 Å². The average molecular weight is 260 g/mol. The number of ether oxygens (including phenoxy) is 2. The molecule has 0 unspecified atom stereocenters. The van der Waals surface area contributed by atoms with E-state index in [0.29, 0.717) is 24.8 Å². The highest BCUT2D eigenvalue weighted by Crippen LogP contribution is 2.20. The first-order chi connectivity index (χ1) is 9.31. The zero-order valence-electron chi connectivity index (χ0n) is 10.7. The Balaban J connectivity index is 2.05. The highest BCUT2D eigenvalue weighted by Gasteiger charge is 2.00. The fourth-order valence-corrected chi connectivity index (χ4v) is 1.46. The molecule has 0 saturated carbocycles. The van der Waals surface area contributed by atoms with Crippen molar-refractivity contribution < 1.29 is 9.47 Å². The van der Waals surface area contributed by atoms with Crippen LogP contribution in [0, 0.1) is 0 Å². The first-order valence-electron chi connectivity index (χ1n) is 5.88. The van der Waals surface area contributed by atoms with Crippen molar-refractivity contribution in [2.24, 2.45) is 5.73 Å². The minimum atomic E-state index is 0.485. The van der Waals surface area contributed by atoms with E-state index in [9.17, 15) is 0 Å². The molecule has 6 nitrogen and oxygen atoms in total. The second kappa shape index (κ2) is 6.55. The summed E-state index contributed by atoms with van der Waals surface area (Å²) in [6.07, 6.45) is 3.20. The molecule has 0 amide bonds. The maximum absolute atomic E-state index is 5.44. The number of anilines is 2. The predicted octanol–water partition coefficient (Wildman–Crippen LogP) is 1.57. The molecule has 1 aromatic heterocycles. The number of methoxy groups -OCH3 is 1. The molecule has 0 spiro atoms. The summed E-state index contributed by atoms with van der Waals surface area (Å²) in [5, 5.41) is 3.08. The fourth-order valence-electron chi connectivity index (χ4n) is 1.46. The number of benzene rings is 1. The van der Waals surface area contributed by atoms with Crippen LogP contribution in [0.4, 0.5) is 11.6 Å². The Morgan fingerprint density at radius 1 is 1.21 bits per heavy atom. The quantitative estimate of drug-likeness (QED) is 0.820. The van der Waals surface area contributed by atoms with E-state index < -0.39 is 0 Å². The van der Waals surface area contributed by atoms with Crippen LogP contribution in [0.1, 0.15) is 0 Å². The van der Waals surface area contributed by atoms with Crippen LogP contribution in [0.3, 0.4) is 0 Å². The molecular weight excluding hydrogens is 244 g/mol. The van der Waals surface area contributed by atoms with E-state index in [1.807, 2.05) is 24.3 Å². The number of hydrogen-bond acceptors (Lipinski definition) is 6. The molecule has 0 bridgehead atoms. The summed E-state index contributed by atoms with van der Waals surface area (Å²) in [6, 6.07) is 7.53. The number of aromatic nitrogens is 2. The lowest BCUT2D eigenvalue weighted by Gasteiger charge is -2.08. The lowest BCUT2D eigenvalue weighted by molar-refractivity contribution is 0.328. The van der Waals surface area contributed by atoms with Crippen molar-refractivity contribution in [3.05, 3.63) is 36.7 Å². The van der Waals surface area contributed by atoms with Gasteiger partial charge in [0.25, 0.3) is 0 Å².